The van der Waals surface area contributed by atoms with Crippen molar-refractivity contribution in [2.45, 2.75) is 44.6 Å². The number of benzene rings is 1. The van der Waals surface area contributed by atoms with Crippen LogP contribution in [0.4, 0.5) is 0 Å². The van der Waals surface area contributed by atoms with Gasteiger partial charge in [-0.25, -0.2) is 0 Å². The predicted octanol–water partition coefficient (Wildman–Crippen LogP) is 3.04. The molecule has 2 aliphatic heterocycles. The maximum atomic E-state index is 12.8. The Bertz CT molecular complexity index is 612. The van der Waals surface area contributed by atoms with Crippen molar-refractivity contribution in [3.63, 3.8) is 0 Å². The first-order valence-corrected chi connectivity index (χ1v) is 9.81. The van der Waals surface area contributed by atoms with Gasteiger partial charge in [0.05, 0.1) is 12.1 Å². The number of rotatable bonds is 5. The van der Waals surface area contributed by atoms with Crippen molar-refractivity contribution in [3.8, 4) is 6.07 Å². The van der Waals surface area contributed by atoms with Crippen LogP contribution in [0.5, 0.6) is 0 Å². The van der Waals surface area contributed by atoms with E-state index in [-0.39, 0.29) is 11.9 Å². The van der Waals surface area contributed by atoms with Gasteiger partial charge < -0.3 is 10.1 Å². The molecule has 0 aliphatic carbocycles. The van der Waals surface area contributed by atoms with Crippen molar-refractivity contribution in [2.24, 2.45) is 5.41 Å². The molecule has 1 N–H and O–H groups in total. The maximum Gasteiger partial charge on any atom is 0.240 e. The van der Waals surface area contributed by atoms with E-state index < -0.39 is 5.41 Å². The van der Waals surface area contributed by atoms with Gasteiger partial charge in [-0.2, -0.15) is 5.26 Å². The zero-order chi connectivity index (χ0) is 18.2. The van der Waals surface area contributed by atoms with Crippen molar-refractivity contribution in [1.82, 2.24) is 10.2 Å². The molecule has 0 spiro atoms. The Hall–Kier alpha value is -1.90. The lowest BCUT2D eigenvalue weighted by Crippen LogP contribution is -2.47. The normalized spacial score (nSPS) is 22.0. The van der Waals surface area contributed by atoms with E-state index in [0.29, 0.717) is 32.6 Å². The molecular formula is C21H29N3O2. The Morgan fingerprint density at radius 3 is 2.42 bits per heavy atom. The lowest BCUT2D eigenvalue weighted by atomic mass is 9.81. The molecule has 3 rings (SSSR count). The number of nitrogens with one attached hydrogen (secondary N) is 1. The molecule has 1 unspecified atom stereocenters. The molecular weight excluding hydrogens is 326 g/mol. The van der Waals surface area contributed by atoms with Crippen LogP contribution in [0.1, 0.15) is 50.1 Å². The van der Waals surface area contributed by atoms with Crippen molar-refractivity contribution >= 4 is 5.91 Å². The van der Waals surface area contributed by atoms with Crippen LogP contribution in [0.25, 0.3) is 0 Å². The van der Waals surface area contributed by atoms with E-state index >= 15 is 0 Å². The Morgan fingerprint density at radius 1 is 1.15 bits per heavy atom. The van der Waals surface area contributed by atoms with Crippen molar-refractivity contribution in [3.05, 3.63) is 35.9 Å². The molecule has 2 heterocycles. The van der Waals surface area contributed by atoms with E-state index in [1.54, 1.807) is 0 Å². The first-order valence-electron chi connectivity index (χ1n) is 9.81. The van der Waals surface area contributed by atoms with Crippen LogP contribution in [-0.2, 0) is 9.53 Å². The number of hydrogen-bond donors (Lipinski definition) is 1. The van der Waals surface area contributed by atoms with E-state index in [2.05, 4.69) is 40.6 Å². The van der Waals surface area contributed by atoms with E-state index in [9.17, 15) is 10.1 Å². The van der Waals surface area contributed by atoms with Gasteiger partial charge in [-0.1, -0.05) is 43.2 Å². The van der Waals surface area contributed by atoms with E-state index in [1.165, 1.54) is 31.2 Å². The average Bonchev–Trinajstić information content (AvgIpc) is 2.99. The van der Waals surface area contributed by atoms with E-state index in [4.69, 9.17) is 4.74 Å². The van der Waals surface area contributed by atoms with Crippen LogP contribution in [0.2, 0.25) is 0 Å². The van der Waals surface area contributed by atoms with Crippen molar-refractivity contribution < 1.29 is 9.53 Å². The zero-order valence-electron chi connectivity index (χ0n) is 15.5. The largest absolute Gasteiger partial charge is 0.381 e. The molecule has 0 bridgehead atoms. The number of nitrogens with zero attached hydrogens (tertiary/aromatic N) is 2. The summed E-state index contributed by atoms with van der Waals surface area (Å²) in [4.78, 5) is 15.3. The minimum absolute atomic E-state index is 0.140. The molecule has 1 aromatic rings. The molecule has 1 aromatic carbocycles. The first kappa shape index (κ1) is 18.9. The summed E-state index contributed by atoms with van der Waals surface area (Å²) in [6.45, 7) is 3.64. The number of ether oxygens (including phenoxy) is 1. The highest BCUT2D eigenvalue weighted by molar-refractivity contribution is 5.85. The lowest BCUT2D eigenvalue weighted by molar-refractivity contribution is -0.132. The van der Waals surface area contributed by atoms with Gasteiger partial charge in [0.1, 0.15) is 5.41 Å². The molecule has 140 valence electrons. The number of carbonyl (C=O) groups excluding carboxylic acids is 1. The summed E-state index contributed by atoms with van der Waals surface area (Å²) in [5.41, 5.74) is 0.297. The Kier molecular flexibility index (Phi) is 6.65. The lowest BCUT2D eigenvalue weighted by Gasteiger charge is -2.33. The van der Waals surface area contributed by atoms with E-state index in [0.717, 1.165) is 13.1 Å². The van der Waals surface area contributed by atoms with Gasteiger partial charge in [0.2, 0.25) is 5.91 Å². The van der Waals surface area contributed by atoms with Gasteiger partial charge in [-0.05, 0) is 44.3 Å². The molecule has 2 fully saturated rings. The van der Waals surface area contributed by atoms with Crippen LogP contribution in [0, 0.1) is 16.7 Å². The molecule has 5 nitrogen and oxygen atoms in total. The fraction of sp³-hybridized carbons (Fsp3) is 0.619. The van der Waals surface area contributed by atoms with Gasteiger partial charge in [0, 0.05) is 19.8 Å². The summed E-state index contributed by atoms with van der Waals surface area (Å²) < 4.78 is 5.34. The monoisotopic (exact) mass is 355 g/mol. The van der Waals surface area contributed by atoms with Gasteiger partial charge in [-0.15, -0.1) is 0 Å². The van der Waals surface area contributed by atoms with Crippen LogP contribution in [0.15, 0.2) is 30.3 Å². The van der Waals surface area contributed by atoms with Crippen LogP contribution < -0.4 is 5.32 Å². The molecule has 0 aromatic heterocycles. The van der Waals surface area contributed by atoms with Gasteiger partial charge in [-0.3, -0.25) is 9.69 Å². The fourth-order valence-corrected chi connectivity index (χ4v) is 4.01. The Morgan fingerprint density at radius 2 is 1.81 bits per heavy atom. The number of amides is 1. The molecule has 0 saturated carbocycles. The second-order valence-electron chi connectivity index (χ2n) is 7.39. The maximum absolute atomic E-state index is 12.8. The van der Waals surface area contributed by atoms with E-state index in [1.807, 2.05) is 6.07 Å². The third-order valence-electron chi connectivity index (χ3n) is 5.72. The summed E-state index contributed by atoms with van der Waals surface area (Å²) in [5.74, 6) is -0.140. The molecule has 5 heteroatoms. The number of likely N-dealkylation sites (tertiary alicyclic amines) is 1. The third-order valence-corrected chi connectivity index (χ3v) is 5.72. The Labute approximate surface area is 156 Å². The smallest absolute Gasteiger partial charge is 0.240 e. The molecule has 1 atom stereocenters. The van der Waals surface area contributed by atoms with Crippen LogP contribution in [-0.4, -0.2) is 43.7 Å². The fourth-order valence-electron chi connectivity index (χ4n) is 4.01. The molecule has 2 aliphatic rings. The minimum Gasteiger partial charge on any atom is -0.381 e. The highest BCUT2D eigenvalue weighted by Crippen LogP contribution is 2.30. The highest BCUT2D eigenvalue weighted by atomic mass is 16.5. The quantitative estimate of drug-likeness (QED) is 0.882. The van der Waals surface area contributed by atoms with Gasteiger partial charge >= 0.3 is 0 Å². The minimum atomic E-state index is -0.932. The predicted molar refractivity (Wildman–Crippen MR) is 100 cm³/mol. The second-order valence-corrected chi connectivity index (χ2v) is 7.39. The summed E-state index contributed by atoms with van der Waals surface area (Å²) in [6, 6.07) is 12.8. The molecule has 2 saturated heterocycles. The average molecular weight is 355 g/mol. The molecule has 1 amide bonds. The number of hydrogen-bond acceptors (Lipinski definition) is 4. The SMILES string of the molecule is N#CC1(C(=O)NCC(c2ccccc2)N2CCCCCC2)CCOCC1. The van der Waals surface area contributed by atoms with Crippen molar-refractivity contribution in [2.75, 3.05) is 32.8 Å². The highest BCUT2D eigenvalue weighted by Gasteiger charge is 2.40. The molecule has 26 heavy (non-hydrogen) atoms. The third kappa shape index (κ3) is 4.44. The zero-order valence-corrected chi connectivity index (χ0v) is 15.5. The van der Waals surface area contributed by atoms with Gasteiger partial charge in [0.25, 0.3) is 0 Å². The second kappa shape index (κ2) is 9.16. The van der Waals surface area contributed by atoms with Crippen molar-refractivity contribution in [1.29, 1.82) is 5.26 Å². The summed E-state index contributed by atoms with van der Waals surface area (Å²) in [6.07, 6.45) is 5.93. The summed E-state index contributed by atoms with van der Waals surface area (Å²) >= 11 is 0. The number of nitriles is 1. The number of carbonyl (C=O) groups is 1. The summed E-state index contributed by atoms with van der Waals surface area (Å²) in [5, 5.41) is 12.7. The van der Waals surface area contributed by atoms with Crippen LogP contribution in [0.3, 0.4) is 0 Å². The standard InChI is InChI=1S/C21H29N3O2/c22-17-21(10-14-26-15-11-21)20(25)23-16-19(18-8-4-3-5-9-18)24-12-6-1-2-7-13-24/h3-5,8-9,19H,1-2,6-7,10-16H2,(H,23,25). The van der Waals surface area contributed by atoms with Gasteiger partial charge in [0.15, 0.2) is 0 Å². The summed E-state index contributed by atoms with van der Waals surface area (Å²) in [7, 11) is 0. The Balaban J connectivity index is 1.71. The topological polar surface area (TPSA) is 65.4 Å². The first-order chi connectivity index (χ1) is 12.7. The molecule has 0 radical (unpaired) electrons. The van der Waals surface area contributed by atoms with Crippen LogP contribution >= 0.6 is 0 Å².